The predicted octanol–water partition coefficient (Wildman–Crippen LogP) is 2.93. The van der Waals surface area contributed by atoms with E-state index in [2.05, 4.69) is 25.3 Å². The van der Waals surface area contributed by atoms with Crippen molar-refractivity contribution in [2.45, 2.75) is 13.0 Å². The van der Waals surface area contributed by atoms with Crippen LogP contribution in [0.25, 0.3) is 22.3 Å². The van der Waals surface area contributed by atoms with Crippen molar-refractivity contribution in [2.24, 2.45) is 0 Å². The van der Waals surface area contributed by atoms with Crippen LogP contribution in [0.3, 0.4) is 0 Å². The lowest BCUT2D eigenvalue weighted by Crippen LogP contribution is -2.09. The number of nitrogens with one attached hydrogen (secondary N) is 1. The summed E-state index contributed by atoms with van der Waals surface area (Å²) in [6.07, 6.45) is 4.30. The Balaban J connectivity index is 1.50. The average Bonchev–Trinajstić information content (AvgIpc) is 3.31. The Morgan fingerprint density at radius 1 is 1.28 bits per heavy atom. The first-order valence-corrected chi connectivity index (χ1v) is 7.59. The van der Waals surface area contributed by atoms with Crippen molar-refractivity contribution in [3.8, 4) is 11.4 Å². The molecule has 0 saturated carbocycles. The summed E-state index contributed by atoms with van der Waals surface area (Å²) < 4.78 is 10.6. The SMILES string of the molecule is C[C@@H](OC(=O)c1ccc2cn[nH]c2c1)c1nc(-c2cccnc2)no1. The largest absolute Gasteiger partial charge is 0.449 e. The summed E-state index contributed by atoms with van der Waals surface area (Å²) in [6, 6.07) is 8.76. The topological polar surface area (TPSA) is 107 Å². The molecule has 3 aromatic heterocycles. The number of fused-ring (bicyclic) bond motifs is 1. The second-order valence-electron chi connectivity index (χ2n) is 5.42. The number of ether oxygens (including phenoxy) is 1. The van der Waals surface area contributed by atoms with Crippen molar-refractivity contribution in [3.63, 3.8) is 0 Å². The molecule has 0 fully saturated rings. The first-order valence-electron chi connectivity index (χ1n) is 7.59. The Labute approximate surface area is 141 Å². The van der Waals surface area contributed by atoms with Crippen molar-refractivity contribution in [1.82, 2.24) is 25.3 Å². The first-order chi connectivity index (χ1) is 12.2. The number of aromatic amines is 1. The van der Waals surface area contributed by atoms with Crippen LogP contribution < -0.4 is 0 Å². The summed E-state index contributed by atoms with van der Waals surface area (Å²) in [5.74, 6) is 0.129. The van der Waals surface area contributed by atoms with Gasteiger partial charge in [0.15, 0.2) is 6.10 Å². The van der Waals surface area contributed by atoms with Gasteiger partial charge in [-0.1, -0.05) is 11.2 Å². The van der Waals surface area contributed by atoms with Gasteiger partial charge in [-0.15, -0.1) is 0 Å². The Morgan fingerprint density at radius 3 is 3.04 bits per heavy atom. The van der Waals surface area contributed by atoms with Gasteiger partial charge in [-0.25, -0.2) is 4.79 Å². The molecule has 4 aromatic rings. The van der Waals surface area contributed by atoms with Gasteiger partial charge in [0.05, 0.1) is 17.3 Å². The number of benzene rings is 1. The fourth-order valence-electron chi connectivity index (χ4n) is 2.36. The van der Waals surface area contributed by atoms with Gasteiger partial charge in [0, 0.05) is 23.3 Å². The maximum absolute atomic E-state index is 12.3. The molecule has 0 saturated heterocycles. The highest BCUT2D eigenvalue weighted by Gasteiger charge is 2.20. The van der Waals surface area contributed by atoms with Crippen LogP contribution in [-0.4, -0.2) is 31.3 Å². The normalized spacial score (nSPS) is 12.2. The number of hydrogen-bond acceptors (Lipinski definition) is 7. The van der Waals surface area contributed by atoms with Crippen molar-refractivity contribution in [1.29, 1.82) is 0 Å². The van der Waals surface area contributed by atoms with Gasteiger partial charge in [0.2, 0.25) is 5.82 Å². The van der Waals surface area contributed by atoms with E-state index in [0.717, 1.165) is 16.5 Å². The fraction of sp³-hybridized carbons (Fsp3) is 0.118. The Morgan fingerprint density at radius 2 is 2.20 bits per heavy atom. The summed E-state index contributed by atoms with van der Waals surface area (Å²) >= 11 is 0. The van der Waals surface area contributed by atoms with E-state index in [1.165, 1.54) is 0 Å². The molecule has 3 heterocycles. The summed E-state index contributed by atoms with van der Waals surface area (Å²) in [5.41, 5.74) is 1.90. The third-order valence-electron chi connectivity index (χ3n) is 3.67. The minimum atomic E-state index is -0.678. The van der Waals surface area contributed by atoms with Crippen molar-refractivity contribution < 1.29 is 14.1 Å². The first kappa shape index (κ1) is 15.0. The minimum absolute atomic E-state index is 0.217. The average molecular weight is 335 g/mol. The van der Waals surface area contributed by atoms with Crippen LogP contribution in [-0.2, 0) is 4.74 Å². The molecule has 1 N–H and O–H groups in total. The summed E-state index contributed by atoms with van der Waals surface area (Å²) in [6.45, 7) is 1.67. The zero-order valence-corrected chi connectivity index (χ0v) is 13.2. The van der Waals surface area contributed by atoms with Gasteiger partial charge < -0.3 is 9.26 Å². The number of carbonyl (C=O) groups is 1. The summed E-state index contributed by atoms with van der Waals surface area (Å²) in [5, 5.41) is 11.6. The quantitative estimate of drug-likeness (QED) is 0.571. The molecule has 1 atom stereocenters. The smallest absolute Gasteiger partial charge is 0.338 e. The Hall–Kier alpha value is -3.55. The molecule has 0 spiro atoms. The molecule has 25 heavy (non-hydrogen) atoms. The number of nitrogens with zero attached hydrogens (tertiary/aromatic N) is 4. The number of esters is 1. The third kappa shape index (κ3) is 2.97. The standard InChI is InChI=1S/C17H13N5O3/c1-10(16-20-15(22-25-16)13-3-2-6-18-8-13)24-17(23)11-4-5-12-9-19-21-14(12)7-11/h2-10H,1H3,(H,19,21)/t10-/m1/s1. The van der Waals surface area contributed by atoms with E-state index in [1.807, 2.05) is 6.07 Å². The molecule has 0 bridgehead atoms. The second-order valence-corrected chi connectivity index (χ2v) is 5.42. The van der Waals surface area contributed by atoms with E-state index in [9.17, 15) is 4.79 Å². The van der Waals surface area contributed by atoms with Crippen molar-refractivity contribution in [3.05, 3.63) is 60.4 Å². The van der Waals surface area contributed by atoms with Crippen LogP contribution >= 0.6 is 0 Å². The van der Waals surface area contributed by atoms with E-state index in [1.54, 1.807) is 49.8 Å². The molecule has 0 aliphatic heterocycles. The monoisotopic (exact) mass is 335 g/mol. The minimum Gasteiger partial charge on any atom is -0.449 e. The maximum atomic E-state index is 12.3. The van der Waals surface area contributed by atoms with Crippen LogP contribution in [0.15, 0.2) is 53.4 Å². The van der Waals surface area contributed by atoms with Crippen LogP contribution in [0.5, 0.6) is 0 Å². The molecular formula is C17H13N5O3. The van der Waals surface area contributed by atoms with Gasteiger partial charge in [-0.3, -0.25) is 10.1 Å². The Bertz CT molecular complexity index is 1020. The van der Waals surface area contributed by atoms with Crippen LogP contribution in [0.2, 0.25) is 0 Å². The third-order valence-corrected chi connectivity index (χ3v) is 3.67. The lowest BCUT2D eigenvalue weighted by molar-refractivity contribution is 0.0265. The van der Waals surface area contributed by atoms with Gasteiger partial charge >= 0.3 is 5.97 Å². The maximum Gasteiger partial charge on any atom is 0.338 e. The molecule has 4 rings (SSSR count). The molecule has 124 valence electrons. The molecule has 0 amide bonds. The highest BCUT2D eigenvalue weighted by atomic mass is 16.6. The highest BCUT2D eigenvalue weighted by molar-refractivity contribution is 5.94. The molecule has 0 unspecified atom stereocenters. The molecule has 8 nitrogen and oxygen atoms in total. The molecule has 8 heteroatoms. The number of rotatable bonds is 4. The van der Waals surface area contributed by atoms with E-state index in [4.69, 9.17) is 9.26 Å². The van der Waals surface area contributed by atoms with Gasteiger partial charge in [0.1, 0.15) is 0 Å². The Kier molecular flexibility index (Phi) is 3.70. The lowest BCUT2D eigenvalue weighted by Gasteiger charge is -2.09. The molecule has 0 radical (unpaired) electrons. The predicted molar refractivity (Wildman–Crippen MR) is 87.5 cm³/mol. The van der Waals surface area contributed by atoms with E-state index in [0.29, 0.717) is 11.4 Å². The van der Waals surface area contributed by atoms with Gasteiger partial charge in [0.25, 0.3) is 5.89 Å². The zero-order chi connectivity index (χ0) is 17.2. The number of H-pyrrole nitrogens is 1. The zero-order valence-electron chi connectivity index (χ0n) is 13.2. The van der Waals surface area contributed by atoms with E-state index >= 15 is 0 Å². The van der Waals surface area contributed by atoms with Crippen LogP contribution in [0.4, 0.5) is 0 Å². The van der Waals surface area contributed by atoms with Gasteiger partial charge in [-0.2, -0.15) is 10.1 Å². The van der Waals surface area contributed by atoms with E-state index < -0.39 is 12.1 Å². The van der Waals surface area contributed by atoms with Crippen LogP contribution in [0.1, 0.15) is 29.3 Å². The fourth-order valence-corrected chi connectivity index (χ4v) is 2.36. The number of aromatic nitrogens is 5. The highest BCUT2D eigenvalue weighted by Crippen LogP contribution is 2.22. The molecule has 1 aromatic carbocycles. The second kappa shape index (κ2) is 6.16. The molecule has 0 aliphatic rings. The van der Waals surface area contributed by atoms with E-state index in [-0.39, 0.29) is 5.89 Å². The molecular weight excluding hydrogens is 322 g/mol. The summed E-state index contributed by atoms with van der Waals surface area (Å²) in [7, 11) is 0. The van der Waals surface area contributed by atoms with Crippen LogP contribution in [0, 0.1) is 0 Å². The number of pyridine rings is 1. The number of hydrogen-bond donors (Lipinski definition) is 1. The van der Waals surface area contributed by atoms with Crippen molar-refractivity contribution in [2.75, 3.05) is 0 Å². The summed E-state index contributed by atoms with van der Waals surface area (Å²) in [4.78, 5) is 20.6. The lowest BCUT2D eigenvalue weighted by atomic mass is 10.2. The van der Waals surface area contributed by atoms with Crippen molar-refractivity contribution >= 4 is 16.9 Å². The molecule has 0 aliphatic carbocycles. The van der Waals surface area contributed by atoms with Gasteiger partial charge in [-0.05, 0) is 31.2 Å². The number of carbonyl (C=O) groups excluding carboxylic acids is 1.